The number of thioether (sulfide) groups is 1. The highest BCUT2D eigenvalue weighted by Gasteiger charge is 2.17. The van der Waals surface area contributed by atoms with Crippen molar-refractivity contribution in [2.45, 2.75) is 19.0 Å². The number of benzene rings is 1. The van der Waals surface area contributed by atoms with Gasteiger partial charge in [-0.2, -0.15) is 11.8 Å². The number of carbonyl (C=O) groups excluding carboxylic acids is 1. The van der Waals surface area contributed by atoms with Gasteiger partial charge in [0.2, 0.25) is 5.91 Å². The lowest BCUT2D eigenvalue weighted by atomic mass is 10.2. The Labute approximate surface area is 145 Å². The minimum atomic E-state index is 0. The van der Waals surface area contributed by atoms with Crippen LogP contribution in [0.25, 0.3) is 5.69 Å². The van der Waals surface area contributed by atoms with Crippen LogP contribution >= 0.6 is 24.2 Å². The van der Waals surface area contributed by atoms with Gasteiger partial charge in [0.1, 0.15) is 6.33 Å². The predicted octanol–water partition coefficient (Wildman–Crippen LogP) is 1.40. The molecule has 1 atom stereocenters. The molecule has 2 aromatic rings. The van der Waals surface area contributed by atoms with Crippen LogP contribution in [-0.2, 0) is 11.3 Å². The second-order valence-corrected chi connectivity index (χ2v) is 6.31. The van der Waals surface area contributed by atoms with Crippen LogP contribution in [0.4, 0.5) is 0 Å². The maximum atomic E-state index is 12.0. The summed E-state index contributed by atoms with van der Waals surface area (Å²) >= 11 is 1.89. The molecule has 0 saturated carbocycles. The largest absolute Gasteiger partial charge is 0.349 e. The van der Waals surface area contributed by atoms with Crippen LogP contribution in [0.3, 0.4) is 0 Å². The SMILES string of the molecule is Cl.O=C(CC1CSCCN1)NCc1nncn1-c1ccccc1. The monoisotopic (exact) mass is 353 g/mol. The minimum absolute atomic E-state index is 0. The van der Waals surface area contributed by atoms with Crippen molar-refractivity contribution in [3.63, 3.8) is 0 Å². The Morgan fingerprint density at radius 2 is 2.22 bits per heavy atom. The molecule has 2 N–H and O–H groups in total. The van der Waals surface area contributed by atoms with Crippen molar-refractivity contribution < 1.29 is 4.79 Å². The number of nitrogens with zero attached hydrogens (tertiary/aromatic N) is 3. The van der Waals surface area contributed by atoms with E-state index in [1.54, 1.807) is 6.33 Å². The van der Waals surface area contributed by atoms with Gasteiger partial charge in [0, 0.05) is 36.2 Å². The van der Waals surface area contributed by atoms with Crippen LogP contribution in [0.15, 0.2) is 36.7 Å². The van der Waals surface area contributed by atoms with Gasteiger partial charge in [0.25, 0.3) is 0 Å². The number of hydrogen-bond acceptors (Lipinski definition) is 5. The normalized spacial score (nSPS) is 17.3. The molecule has 8 heteroatoms. The molecule has 1 amide bonds. The van der Waals surface area contributed by atoms with Crippen LogP contribution < -0.4 is 10.6 Å². The van der Waals surface area contributed by atoms with Crippen LogP contribution in [0.2, 0.25) is 0 Å². The van der Waals surface area contributed by atoms with Gasteiger partial charge in [-0.15, -0.1) is 22.6 Å². The summed E-state index contributed by atoms with van der Waals surface area (Å²) < 4.78 is 1.88. The molecular formula is C15H20ClN5OS. The smallest absolute Gasteiger partial charge is 0.221 e. The molecular weight excluding hydrogens is 334 g/mol. The topological polar surface area (TPSA) is 71.8 Å². The molecule has 1 saturated heterocycles. The maximum absolute atomic E-state index is 12.0. The van der Waals surface area contributed by atoms with Crippen LogP contribution in [0.1, 0.15) is 12.2 Å². The second kappa shape index (κ2) is 8.90. The Kier molecular flexibility index (Phi) is 6.88. The fourth-order valence-corrected chi connectivity index (χ4v) is 3.36. The zero-order valence-corrected chi connectivity index (χ0v) is 14.3. The lowest BCUT2D eigenvalue weighted by Crippen LogP contribution is -2.41. The maximum Gasteiger partial charge on any atom is 0.221 e. The van der Waals surface area contributed by atoms with E-state index in [1.807, 2.05) is 46.7 Å². The molecule has 1 aromatic heterocycles. The molecule has 1 aliphatic rings. The van der Waals surface area contributed by atoms with Gasteiger partial charge in [0.15, 0.2) is 5.82 Å². The summed E-state index contributed by atoms with van der Waals surface area (Å²) in [6.45, 7) is 1.36. The van der Waals surface area contributed by atoms with Crippen molar-refractivity contribution >= 4 is 30.1 Å². The number of nitrogens with one attached hydrogen (secondary N) is 2. The molecule has 1 aromatic carbocycles. The van der Waals surface area contributed by atoms with E-state index in [-0.39, 0.29) is 24.4 Å². The Morgan fingerprint density at radius 3 is 2.96 bits per heavy atom. The molecule has 124 valence electrons. The number of rotatable bonds is 5. The zero-order chi connectivity index (χ0) is 15.2. The molecule has 1 aliphatic heterocycles. The van der Waals surface area contributed by atoms with Gasteiger partial charge < -0.3 is 10.6 Å². The van der Waals surface area contributed by atoms with E-state index in [9.17, 15) is 4.79 Å². The number of hydrogen-bond donors (Lipinski definition) is 2. The van der Waals surface area contributed by atoms with Gasteiger partial charge in [-0.05, 0) is 12.1 Å². The first-order chi connectivity index (χ1) is 10.8. The van der Waals surface area contributed by atoms with Crippen LogP contribution in [0, 0.1) is 0 Å². The first-order valence-electron chi connectivity index (χ1n) is 7.35. The molecule has 1 unspecified atom stereocenters. The second-order valence-electron chi connectivity index (χ2n) is 5.16. The molecule has 0 radical (unpaired) electrons. The highest BCUT2D eigenvalue weighted by molar-refractivity contribution is 7.99. The van der Waals surface area contributed by atoms with Gasteiger partial charge in [-0.3, -0.25) is 9.36 Å². The third kappa shape index (κ3) is 4.95. The summed E-state index contributed by atoms with van der Waals surface area (Å²) in [5, 5.41) is 14.3. The van der Waals surface area contributed by atoms with Crippen molar-refractivity contribution in [1.82, 2.24) is 25.4 Å². The average molecular weight is 354 g/mol. The molecule has 23 heavy (non-hydrogen) atoms. The molecule has 2 heterocycles. The van der Waals surface area contributed by atoms with Crippen molar-refractivity contribution in [2.24, 2.45) is 0 Å². The molecule has 3 rings (SSSR count). The first kappa shape index (κ1) is 17.8. The standard InChI is InChI=1S/C15H19N5OS.ClH/c21-15(8-12-10-22-7-6-16-12)17-9-14-19-18-11-20(14)13-4-2-1-3-5-13;/h1-5,11-12,16H,6-10H2,(H,17,21);1H. The molecule has 0 aliphatic carbocycles. The third-order valence-corrected chi connectivity index (χ3v) is 4.66. The highest BCUT2D eigenvalue weighted by atomic mass is 35.5. The predicted molar refractivity (Wildman–Crippen MR) is 94.2 cm³/mol. The van der Waals surface area contributed by atoms with Gasteiger partial charge in [0.05, 0.1) is 6.54 Å². The van der Waals surface area contributed by atoms with E-state index >= 15 is 0 Å². The lowest BCUT2D eigenvalue weighted by Gasteiger charge is -2.22. The fourth-order valence-electron chi connectivity index (χ4n) is 2.41. The fraction of sp³-hybridized carbons (Fsp3) is 0.400. The minimum Gasteiger partial charge on any atom is -0.349 e. The quantitative estimate of drug-likeness (QED) is 0.850. The summed E-state index contributed by atoms with van der Waals surface area (Å²) in [6, 6.07) is 10.1. The van der Waals surface area contributed by atoms with Crippen molar-refractivity contribution in [3.05, 3.63) is 42.5 Å². The van der Waals surface area contributed by atoms with Gasteiger partial charge >= 0.3 is 0 Å². The Hall–Kier alpha value is -1.57. The third-order valence-electron chi connectivity index (χ3n) is 3.53. The Balaban J connectivity index is 0.00000192. The van der Waals surface area contributed by atoms with Crippen LogP contribution in [-0.4, -0.2) is 44.8 Å². The van der Waals surface area contributed by atoms with E-state index < -0.39 is 0 Å². The van der Waals surface area contributed by atoms with E-state index in [2.05, 4.69) is 20.8 Å². The Bertz CT molecular complexity index is 615. The van der Waals surface area contributed by atoms with Crippen molar-refractivity contribution in [3.8, 4) is 5.69 Å². The van der Waals surface area contributed by atoms with Gasteiger partial charge in [-0.1, -0.05) is 18.2 Å². The summed E-state index contributed by atoms with van der Waals surface area (Å²) in [7, 11) is 0. The van der Waals surface area contributed by atoms with E-state index in [4.69, 9.17) is 0 Å². The summed E-state index contributed by atoms with van der Waals surface area (Å²) in [5.74, 6) is 2.89. The Morgan fingerprint density at radius 1 is 1.39 bits per heavy atom. The summed E-state index contributed by atoms with van der Waals surface area (Å²) in [5.41, 5.74) is 0.988. The van der Waals surface area contributed by atoms with Gasteiger partial charge in [-0.25, -0.2) is 0 Å². The van der Waals surface area contributed by atoms with Crippen LogP contribution in [0.5, 0.6) is 0 Å². The summed E-state index contributed by atoms with van der Waals surface area (Å²) in [6.07, 6.45) is 2.17. The first-order valence-corrected chi connectivity index (χ1v) is 8.50. The molecule has 1 fully saturated rings. The highest BCUT2D eigenvalue weighted by Crippen LogP contribution is 2.11. The number of carbonyl (C=O) groups is 1. The average Bonchev–Trinajstić information content (AvgIpc) is 3.03. The number of halogens is 1. The van der Waals surface area contributed by atoms with E-state index in [0.717, 1.165) is 29.6 Å². The van der Waals surface area contributed by atoms with Crippen molar-refractivity contribution in [1.29, 1.82) is 0 Å². The van der Waals surface area contributed by atoms with E-state index in [0.29, 0.717) is 13.0 Å². The van der Waals surface area contributed by atoms with Crippen molar-refractivity contribution in [2.75, 3.05) is 18.1 Å². The number of amides is 1. The summed E-state index contributed by atoms with van der Waals surface area (Å²) in [4.78, 5) is 12.0. The number of para-hydroxylation sites is 1. The molecule has 0 spiro atoms. The molecule has 6 nitrogen and oxygen atoms in total. The zero-order valence-electron chi connectivity index (χ0n) is 12.6. The lowest BCUT2D eigenvalue weighted by molar-refractivity contribution is -0.121. The van der Waals surface area contributed by atoms with E-state index in [1.165, 1.54) is 0 Å². The molecule has 0 bridgehead atoms. The number of aromatic nitrogens is 3.